The van der Waals surface area contributed by atoms with E-state index in [1.54, 1.807) is 6.07 Å². The molecule has 3 heteroatoms. The Kier molecular flexibility index (Phi) is 3.49. The van der Waals surface area contributed by atoms with E-state index in [-0.39, 0.29) is 5.91 Å². The van der Waals surface area contributed by atoms with E-state index in [2.05, 4.69) is 11.4 Å². The maximum Gasteiger partial charge on any atom is 0.255 e. The van der Waals surface area contributed by atoms with Gasteiger partial charge in [0, 0.05) is 16.3 Å². The second-order valence-corrected chi connectivity index (χ2v) is 5.69. The Labute approximate surface area is 123 Å². The smallest absolute Gasteiger partial charge is 0.255 e. The first-order valence-electron chi connectivity index (χ1n) is 6.83. The van der Waals surface area contributed by atoms with Gasteiger partial charge in [0.15, 0.2) is 0 Å². The van der Waals surface area contributed by atoms with Gasteiger partial charge in [-0.05, 0) is 67.1 Å². The van der Waals surface area contributed by atoms with Crippen molar-refractivity contribution in [3.05, 3.63) is 63.7 Å². The minimum Gasteiger partial charge on any atom is -0.322 e. The third-order valence-corrected chi connectivity index (χ3v) is 4.04. The Balaban J connectivity index is 1.84. The second kappa shape index (κ2) is 5.29. The van der Waals surface area contributed by atoms with Crippen LogP contribution in [-0.2, 0) is 12.8 Å². The quantitative estimate of drug-likeness (QED) is 0.871. The number of hydrogen-bond acceptors (Lipinski definition) is 1. The van der Waals surface area contributed by atoms with Gasteiger partial charge in [0.05, 0.1) is 0 Å². The van der Waals surface area contributed by atoms with Crippen LogP contribution in [0.25, 0.3) is 0 Å². The highest BCUT2D eigenvalue weighted by Crippen LogP contribution is 2.24. The topological polar surface area (TPSA) is 29.1 Å². The molecule has 0 spiro atoms. The molecule has 2 nitrogen and oxygen atoms in total. The molecule has 2 aromatic rings. The Bertz CT molecular complexity index is 679. The molecule has 0 saturated carbocycles. The van der Waals surface area contributed by atoms with Crippen molar-refractivity contribution in [3.8, 4) is 0 Å². The number of aryl methyl sites for hydroxylation is 3. The average molecular weight is 286 g/mol. The number of benzene rings is 2. The Morgan fingerprint density at radius 2 is 1.90 bits per heavy atom. The standard InChI is InChI=1S/C17H16ClNO/c1-11-5-8-15(18)10-16(11)19-17(20)14-7-6-12-3-2-4-13(12)9-14/h5-10H,2-4H2,1H3,(H,19,20). The second-order valence-electron chi connectivity index (χ2n) is 5.25. The first-order chi connectivity index (χ1) is 9.63. The van der Waals surface area contributed by atoms with E-state index in [0.29, 0.717) is 10.6 Å². The van der Waals surface area contributed by atoms with E-state index in [9.17, 15) is 4.79 Å². The number of halogens is 1. The molecule has 1 aliphatic carbocycles. The number of carbonyl (C=O) groups excluding carboxylic acids is 1. The normalized spacial score (nSPS) is 13.1. The molecule has 0 bridgehead atoms. The molecule has 1 amide bonds. The molecule has 102 valence electrons. The lowest BCUT2D eigenvalue weighted by Gasteiger charge is -2.10. The summed E-state index contributed by atoms with van der Waals surface area (Å²) >= 11 is 5.97. The SMILES string of the molecule is Cc1ccc(Cl)cc1NC(=O)c1ccc2c(c1)CCC2. The number of nitrogens with one attached hydrogen (secondary N) is 1. The highest BCUT2D eigenvalue weighted by Gasteiger charge is 2.14. The van der Waals surface area contributed by atoms with Crippen molar-refractivity contribution in [2.24, 2.45) is 0 Å². The molecule has 0 atom stereocenters. The molecule has 0 aromatic heterocycles. The van der Waals surface area contributed by atoms with Gasteiger partial charge >= 0.3 is 0 Å². The minimum atomic E-state index is -0.0786. The highest BCUT2D eigenvalue weighted by molar-refractivity contribution is 6.31. The van der Waals surface area contributed by atoms with Crippen LogP contribution in [-0.4, -0.2) is 5.91 Å². The molecule has 0 unspecified atom stereocenters. The molecule has 0 aliphatic heterocycles. The summed E-state index contributed by atoms with van der Waals surface area (Å²) < 4.78 is 0. The summed E-state index contributed by atoms with van der Waals surface area (Å²) in [6, 6.07) is 11.5. The van der Waals surface area contributed by atoms with Crippen molar-refractivity contribution < 1.29 is 4.79 Å². The van der Waals surface area contributed by atoms with Gasteiger partial charge in [-0.25, -0.2) is 0 Å². The lowest BCUT2D eigenvalue weighted by atomic mass is 10.1. The predicted molar refractivity (Wildman–Crippen MR) is 82.6 cm³/mol. The van der Waals surface area contributed by atoms with Crippen LogP contribution < -0.4 is 5.32 Å². The first-order valence-corrected chi connectivity index (χ1v) is 7.20. The van der Waals surface area contributed by atoms with Gasteiger partial charge in [-0.2, -0.15) is 0 Å². The fraction of sp³-hybridized carbons (Fsp3) is 0.235. The van der Waals surface area contributed by atoms with Gasteiger partial charge < -0.3 is 5.32 Å². The molecular formula is C17H16ClNO. The van der Waals surface area contributed by atoms with Crippen LogP contribution in [0.3, 0.4) is 0 Å². The molecule has 20 heavy (non-hydrogen) atoms. The summed E-state index contributed by atoms with van der Waals surface area (Å²) in [4.78, 5) is 12.3. The third-order valence-electron chi connectivity index (χ3n) is 3.81. The van der Waals surface area contributed by atoms with Gasteiger partial charge in [-0.15, -0.1) is 0 Å². The van der Waals surface area contributed by atoms with Crippen molar-refractivity contribution in [1.29, 1.82) is 0 Å². The fourth-order valence-electron chi connectivity index (χ4n) is 2.64. The zero-order valence-corrected chi connectivity index (χ0v) is 12.1. The number of hydrogen-bond donors (Lipinski definition) is 1. The number of carbonyl (C=O) groups is 1. The van der Waals surface area contributed by atoms with Crippen LogP contribution in [0.4, 0.5) is 5.69 Å². The lowest BCUT2D eigenvalue weighted by molar-refractivity contribution is 0.102. The van der Waals surface area contributed by atoms with Gasteiger partial charge in [-0.1, -0.05) is 23.7 Å². The maximum absolute atomic E-state index is 12.3. The van der Waals surface area contributed by atoms with E-state index in [0.717, 1.165) is 24.1 Å². The number of amides is 1. The molecule has 0 heterocycles. The third kappa shape index (κ3) is 2.56. The molecule has 0 radical (unpaired) electrons. The van der Waals surface area contributed by atoms with Crippen molar-refractivity contribution >= 4 is 23.2 Å². The van der Waals surface area contributed by atoms with E-state index in [1.165, 1.54) is 17.5 Å². The van der Waals surface area contributed by atoms with Crippen LogP contribution in [0.5, 0.6) is 0 Å². The van der Waals surface area contributed by atoms with E-state index in [4.69, 9.17) is 11.6 Å². The number of rotatable bonds is 2. The molecule has 1 N–H and O–H groups in total. The summed E-state index contributed by atoms with van der Waals surface area (Å²) in [6.07, 6.45) is 3.39. The van der Waals surface area contributed by atoms with E-state index in [1.807, 2.05) is 31.2 Å². The minimum absolute atomic E-state index is 0.0786. The van der Waals surface area contributed by atoms with Gasteiger partial charge in [0.25, 0.3) is 5.91 Å². The van der Waals surface area contributed by atoms with Gasteiger partial charge in [0.2, 0.25) is 0 Å². The average Bonchev–Trinajstić information content (AvgIpc) is 2.90. The van der Waals surface area contributed by atoms with Crippen molar-refractivity contribution in [3.63, 3.8) is 0 Å². The zero-order chi connectivity index (χ0) is 14.1. The molecule has 0 saturated heterocycles. The van der Waals surface area contributed by atoms with Crippen LogP contribution in [0.1, 0.15) is 33.5 Å². The highest BCUT2D eigenvalue weighted by atomic mass is 35.5. The number of fused-ring (bicyclic) bond motifs is 1. The van der Waals surface area contributed by atoms with E-state index < -0.39 is 0 Å². The first kappa shape index (κ1) is 13.2. The van der Waals surface area contributed by atoms with Crippen LogP contribution in [0, 0.1) is 6.92 Å². The summed E-state index contributed by atoms with van der Waals surface area (Å²) in [7, 11) is 0. The summed E-state index contributed by atoms with van der Waals surface area (Å²) in [5.74, 6) is -0.0786. The zero-order valence-electron chi connectivity index (χ0n) is 11.4. The molecule has 1 aliphatic rings. The Hall–Kier alpha value is -1.80. The molecule has 3 rings (SSSR count). The molecular weight excluding hydrogens is 270 g/mol. The largest absolute Gasteiger partial charge is 0.322 e. The van der Waals surface area contributed by atoms with E-state index >= 15 is 0 Å². The van der Waals surface area contributed by atoms with Crippen molar-refractivity contribution in [2.45, 2.75) is 26.2 Å². The Morgan fingerprint density at radius 3 is 2.75 bits per heavy atom. The fourth-order valence-corrected chi connectivity index (χ4v) is 2.81. The molecule has 0 fully saturated rings. The molecule has 2 aromatic carbocycles. The van der Waals surface area contributed by atoms with Gasteiger partial charge in [-0.3, -0.25) is 4.79 Å². The lowest BCUT2D eigenvalue weighted by Crippen LogP contribution is -2.13. The van der Waals surface area contributed by atoms with Gasteiger partial charge in [0.1, 0.15) is 0 Å². The number of anilines is 1. The van der Waals surface area contributed by atoms with Crippen LogP contribution >= 0.6 is 11.6 Å². The van der Waals surface area contributed by atoms with Crippen molar-refractivity contribution in [1.82, 2.24) is 0 Å². The maximum atomic E-state index is 12.3. The summed E-state index contributed by atoms with van der Waals surface area (Å²) in [5, 5.41) is 3.56. The Morgan fingerprint density at radius 1 is 1.10 bits per heavy atom. The summed E-state index contributed by atoms with van der Waals surface area (Å²) in [6.45, 7) is 1.95. The van der Waals surface area contributed by atoms with Crippen LogP contribution in [0.15, 0.2) is 36.4 Å². The summed E-state index contributed by atoms with van der Waals surface area (Å²) in [5.41, 5.74) is 5.16. The monoisotopic (exact) mass is 285 g/mol. The predicted octanol–water partition coefficient (Wildman–Crippen LogP) is 4.39. The van der Waals surface area contributed by atoms with Crippen molar-refractivity contribution in [2.75, 3.05) is 5.32 Å². The van der Waals surface area contributed by atoms with Crippen LogP contribution in [0.2, 0.25) is 5.02 Å².